The maximum atomic E-state index is 5.45. The third-order valence-electron chi connectivity index (χ3n) is 10.5. The minimum Gasteiger partial charge on any atom is -0.308 e. The molecule has 0 atom stereocenters. The van der Waals surface area contributed by atoms with E-state index in [2.05, 4.69) is 180 Å². The van der Waals surface area contributed by atoms with Gasteiger partial charge in [-0.25, -0.2) is 9.97 Å². The van der Waals surface area contributed by atoms with E-state index in [1.807, 2.05) is 0 Å². The summed E-state index contributed by atoms with van der Waals surface area (Å²) in [6.45, 7) is 0. The molecule has 51 heavy (non-hydrogen) atoms. The highest BCUT2D eigenvalue weighted by atomic mass is 14.9. The molecule has 236 valence electrons. The molecule has 0 aliphatic rings. The van der Waals surface area contributed by atoms with Gasteiger partial charge in [-0.05, 0) is 39.2 Å². The van der Waals surface area contributed by atoms with Gasteiger partial charge in [-0.2, -0.15) is 0 Å². The molecule has 0 saturated heterocycles. The molecule has 0 fully saturated rings. The molecule has 0 aliphatic carbocycles. The van der Waals surface area contributed by atoms with Crippen molar-refractivity contribution >= 4 is 70.5 Å². The number of nitrogens with zero attached hydrogens (tertiary/aromatic N) is 3. The van der Waals surface area contributed by atoms with Crippen molar-refractivity contribution in [3.8, 4) is 33.8 Å². The first kappa shape index (κ1) is 28.0. The predicted molar refractivity (Wildman–Crippen MR) is 214 cm³/mol. The molecule has 0 amide bonds. The average Bonchev–Trinajstić information content (AvgIpc) is 3.56. The van der Waals surface area contributed by atoms with E-state index in [1.54, 1.807) is 0 Å². The standard InChI is InChI=1S/C48H29N3/c1-3-15-30(16-4-1)43-40-28-27-32(29-42(40)51-41-26-14-13-22-36(41)35-21-9-12-25-39(35)47(43)51)48-49-45(31-17-5-2-6-18-31)44-37-23-10-7-19-33(37)34-20-8-11-24-38(34)46(44)50-48/h1-29H. The van der Waals surface area contributed by atoms with Crippen LogP contribution in [0.4, 0.5) is 0 Å². The van der Waals surface area contributed by atoms with Gasteiger partial charge in [-0.1, -0.05) is 164 Å². The van der Waals surface area contributed by atoms with E-state index in [1.165, 1.54) is 54.5 Å². The van der Waals surface area contributed by atoms with Crippen LogP contribution in [-0.2, 0) is 0 Å². The van der Waals surface area contributed by atoms with Gasteiger partial charge in [0.05, 0.1) is 27.8 Å². The van der Waals surface area contributed by atoms with Gasteiger partial charge < -0.3 is 4.40 Å². The summed E-state index contributed by atoms with van der Waals surface area (Å²) < 4.78 is 2.46. The summed E-state index contributed by atoms with van der Waals surface area (Å²) in [5.74, 6) is 0.713. The molecule has 0 spiro atoms. The second-order valence-corrected chi connectivity index (χ2v) is 13.3. The molecule has 8 aromatic carbocycles. The largest absolute Gasteiger partial charge is 0.308 e. The van der Waals surface area contributed by atoms with E-state index in [9.17, 15) is 0 Å². The normalized spacial score (nSPS) is 11.9. The molecule has 11 aromatic rings. The van der Waals surface area contributed by atoms with Crippen molar-refractivity contribution in [2.24, 2.45) is 0 Å². The molecule has 3 heteroatoms. The molecule has 0 radical (unpaired) electrons. The zero-order valence-electron chi connectivity index (χ0n) is 27.6. The molecule has 11 rings (SSSR count). The average molecular weight is 648 g/mol. The second-order valence-electron chi connectivity index (χ2n) is 13.3. The fourth-order valence-corrected chi connectivity index (χ4v) is 8.36. The van der Waals surface area contributed by atoms with Gasteiger partial charge in [0.15, 0.2) is 5.82 Å². The number of pyridine rings is 1. The lowest BCUT2D eigenvalue weighted by Gasteiger charge is -2.15. The Hall–Kier alpha value is -6.84. The first-order chi connectivity index (χ1) is 25.3. The maximum Gasteiger partial charge on any atom is 0.160 e. The van der Waals surface area contributed by atoms with E-state index < -0.39 is 0 Å². The van der Waals surface area contributed by atoms with E-state index in [0.717, 1.165) is 44.0 Å². The zero-order valence-corrected chi connectivity index (χ0v) is 27.6. The molecular formula is C48H29N3. The van der Waals surface area contributed by atoms with Crippen molar-refractivity contribution < 1.29 is 0 Å². The van der Waals surface area contributed by atoms with Gasteiger partial charge in [0.1, 0.15) is 0 Å². The number of fused-ring (bicyclic) bond motifs is 14. The third-order valence-corrected chi connectivity index (χ3v) is 10.5. The van der Waals surface area contributed by atoms with Crippen molar-refractivity contribution in [1.82, 2.24) is 14.4 Å². The second kappa shape index (κ2) is 10.8. The van der Waals surface area contributed by atoms with Crippen LogP contribution in [0.3, 0.4) is 0 Å². The highest BCUT2D eigenvalue weighted by Crippen LogP contribution is 2.44. The Kier molecular flexibility index (Phi) is 5.96. The Morgan fingerprint density at radius 3 is 1.63 bits per heavy atom. The quantitative estimate of drug-likeness (QED) is 0.179. The topological polar surface area (TPSA) is 30.2 Å². The summed E-state index contributed by atoms with van der Waals surface area (Å²) in [4.78, 5) is 10.9. The van der Waals surface area contributed by atoms with Gasteiger partial charge in [-0.3, -0.25) is 0 Å². The SMILES string of the molecule is c1ccc(-c2nc(-c3ccc4c(-c5ccccc5)c5c6ccccc6c6ccccc6n5c4c3)nc3c4ccccc4c4ccccc4c23)cc1. The molecule has 0 unspecified atom stereocenters. The van der Waals surface area contributed by atoms with Gasteiger partial charge in [-0.15, -0.1) is 0 Å². The molecule has 0 N–H and O–H groups in total. The Morgan fingerprint density at radius 1 is 0.353 bits per heavy atom. The number of aromatic nitrogens is 3. The predicted octanol–water partition coefficient (Wildman–Crippen LogP) is 12.6. The number of hydrogen-bond acceptors (Lipinski definition) is 2. The van der Waals surface area contributed by atoms with Crippen LogP contribution in [0, 0.1) is 0 Å². The van der Waals surface area contributed by atoms with Gasteiger partial charge in [0.2, 0.25) is 0 Å². The fourth-order valence-electron chi connectivity index (χ4n) is 8.36. The van der Waals surface area contributed by atoms with Crippen molar-refractivity contribution in [2.45, 2.75) is 0 Å². The van der Waals surface area contributed by atoms with Crippen molar-refractivity contribution in [3.63, 3.8) is 0 Å². The fraction of sp³-hybridized carbons (Fsp3) is 0. The van der Waals surface area contributed by atoms with Crippen molar-refractivity contribution in [3.05, 3.63) is 176 Å². The summed E-state index contributed by atoms with van der Waals surface area (Å²) in [6, 6.07) is 63.0. The molecule has 0 aliphatic heterocycles. The third kappa shape index (κ3) is 4.06. The number of para-hydroxylation sites is 1. The molecule has 3 nitrogen and oxygen atoms in total. The Morgan fingerprint density at radius 2 is 0.902 bits per heavy atom. The number of rotatable bonds is 3. The van der Waals surface area contributed by atoms with Gasteiger partial charge >= 0.3 is 0 Å². The van der Waals surface area contributed by atoms with Crippen LogP contribution in [0.15, 0.2) is 176 Å². The monoisotopic (exact) mass is 647 g/mol. The number of benzene rings is 8. The highest BCUT2D eigenvalue weighted by Gasteiger charge is 2.22. The van der Waals surface area contributed by atoms with Crippen molar-refractivity contribution in [1.29, 1.82) is 0 Å². The zero-order chi connectivity index (χ0) is 33.5. The molecular weight excluding hydrogens is 619 g/mol. The van der Waals surface area contributed by atoms with Crippen LogP contribution < -0.4 is 0 Å². The Bertz CT molecular complexity index is 3180. The highest BCUT2D eigenvalue weighted by molar-refractivity contribution is 6.27. The van der Waals surface area contributed by atoms with Gasteiger partial charge in [0.25, 0.3) is 0 Å². The van der Waals surface area contributed by atoms with E-state index in [0.29, 0.717) is 5.82 Å². The van der Waals surface area contributed by atoms with E-state index >= 15 is 0 Å². The minimum atomic E-state index is 0.713. The smallest absolute Gasteiger partial charge is 0.160 e. The Labute approximate surface area is 293 Å². The molecule has 3 heterocycles. The minimum absolute atomic E-state index is 0.713. The lowest BCUT2D eigenvalue weighted by molar-refractivity contribution is 1.23. The van der Waals surface area contributed by atoms with Crippen molar-refractivity contribution in [2.75, 3.05) is 0 Å². The van der Waals surface area contributed by atoms with Crippen LogP contribution in [0.5, 0.6) is 0 Å². The van der Waals surface area contributed by atoms with Crippen LogP contribution in [-0.4, -0.2) is 14.4 Å². The van der Waals surface area contributed by atoms with Gasteiger partial charge in [0, 0.05) is 43.6 Å². The van der Waals surface area contributed by atoms with Crippen LogP contribution >= 0.6 is 0 Å². The number of hydrogen-bond donors (Lipinski definition) is 0. The summed E-state index contributed by atoms with van der Waals surface area (Å²) in [5, 5.41) is 10.7. The van der Waals surface area contributed by atoms with Crippen LogP contribution in [0.2, 0.25) is 0 Å². The van der Waals surface area contributed by atoms with Crippen LogP contribution in [0.25, 0.3) is 104 Å². The van der Waals surface area contributed by atoms with E-state index in [4.69, 9.17) is 9.97 Å². The summed E-state index contributed by atoms with van der Waals surface area (Å²) in [7, 11) is 0. The lowest BCUT2D eigenvalue weighted by atomic mass is 9.94. The summed E-state index contributed by atoms with van der Waals surface area (Å²) >= 11 is 0. The molecule has 3 aromatic heterocycles. The Balaban J connectivity index is 1.30. The first-order valence-corrected chi connectivity index (χ1v) is 17.4. The maximum absolute atomic E-state index is 5.45. The lowest BCUT2D eigenvalue weighted by Crippen LogP contribution is -1.97. The van der Waals surface area contributed by atoms with E-state index in [-0.39, 0.29) is 0 Å². The molecule has 0 bridgehead atoms. The summed E-state index contributed by atoms with van der Waals surface area (Å²) in [5.41, 5.74) is 9.93. The summed E-state index contributed by atoms with van der Waals surface area (Å²) in [6.07, 6.45) is 0. The molecule has 0 saturated carbocycles. The first-order valence-electron chi connectivity index (χ1n) is 17.4. The van der Waals surface area contributed by atoms with Crippen LogP contribution in [0.1, 0.15) is 0 Å².